The number of hydrogen-bond acceptors (Lipinski definition) is 3. The third-order valence-electron chi connectivity index (χ3n) is 5.15. The number of ketones is 1. The van der Waals surface area contributed by atoms with Gasteiger partial charge < -0.3 is 4.57 Å². The summed E-state index contributed by atoms with van der Waals surface area (Å²) in [7, 11) is 0. The molecule has 1 aliphatic heterocycles. The van der Waals surface area contributed by atoms with Gasteiger partial charge in [-0.2, -0.15) is 0 Å². The van der Waals surface area contributed by atoms with E-state index < -0.39 is 0 Å². The molecule has 0 amide bonds. The van der Waals surface area contributed by atoms with E-state index >= 15 is 0 Å². The number of carbonyl (C=O) groups excluding carboxylic acids is 1. The highest BCUT2D eigenvalue weighted by Gasteiger charge is 2.36. The number of rotatable bonds is 4. The molecular formula is C17H27N3O. The summed E-state index contributed by atoms with van der Waals surface area (Å²) in [6, 6.07) is 0.910. The van der Waals surface area contributed by atoms with Crippen LogP contribution in [0.4, 0.5) is 0 Å². The molecule has 2 atom stereocenters. The highest BCUT2D eigenvalue weighted by molar-refractivity contribution is 5.82. The van der Waals surface area contributed by atoms with Gasteiger partial charge in [0.2, 0.25) is 0 Å². The third-order valence-corrected chi connectivity index (χ3v) is 5.15. The molecule has 1 saturated heterocycles. The maximum absolute atomic E-state index is 12.3. The van der Waals surface area contributed by atoms with Crippen molar-refractivity contribution in [3.8, 4) is 0 Å². The van der Waals surface area contributed by atoms with Gasteiger partial charge in [-0.15, -0.1) is 0 Å². The lowest BCUT2D eigenvalue weighted by molar-refractivity contribution is -0.126. The van der Waals surface area contributed by atoms with E-state index in [1.165, 1.54) is 25.0 Å². The number of hydrogen-bond donors (Lipinski definition) is 0. The van der Waals surface area contributed by atoms with E-state index in [0.29, 0.717) is 17.9 Å². The minimum absolute atomic E-state index is 0.289. The summed E-state index contributed by atoms with van der Waals surface area (Å²) >= 11 is 0. The maximum Gasteiger partial charge on any atom is 0.137 e. The van der Waals surface area contributed by atoms with Crippen molar-refractivity contribution in [1.29, 1.82) is 0 Å². The van der Waals surface area contributed by atoms with E-state index in [9.17, 15) is 4.79 Å². The Labute approximate surface area is 127 Å². The van der Waals surface area contributed by atoms with E-state index in [1.807, 2.05) is 12.5 Å². The fourth-order valence-electron chi connectivity index (χ4n) is 4.05. The average molecular weight is 289 g/mol. The van der Waals surface area contributed by atoms with Crippen molar-refractivity contribution < 1.29 is 4.79 Å². The molecular weight excluding hydrogens is 262 g/mol. The first kappa shape index (κ1) is 14.8. The molecule has 1 aliphatic carbocycles. The van der Waals surface area contributed by atoms with E-state index in [1.54, 1.807) is 0 Å². The molecule has 1 saturated carbocycles. The highest BCUT2D eigenvalue weighted by Crippen LogP contribution is 2.33. The van der Waals surface area contributed by atoms with Gasteiger partial charge in [-0.25, -0.2) is 4.98 Å². The van der Waals surface area contributed by atoms with Gasteiger partial charge in [0, 0.05) is 37.2 Å². The zero-order chi connectivity index (χ0) is 14.8. The van der Waals surface area contributed by atoms with Gasteiger partial charge in [0.25, 0.3) is 0 Å². The molecule has 2 fully saturated rings. The lowest BCUT2D eigenvalue weighted by Crippen LogP contribution is -2.40. The van der Waals surface area contributed by atoms with Gasteiger partial charge in [0.1, 0.15) is 5.78 Å². The zero-order valence-corrected chi connectivity index (χ0v) is 13.3. The van der Waals surface area contributed by atoms with Crippen LogP contribution in [-0.4, -0.2) is 32.8 Å². The second kappa shape index (κ2) is 6.30. The van der Waals surface area contributed by atoms with E-state index in [2.05, 4.69) is 28.3 Å². The molecule has 3 rings (SSSR count). The second-order valence-electron chi connectivity index (χ2n) is 6.88. The van der Waals surface area contributed by atoms with E-state index in [0.717, 1.165) is 32.4 Å². The third kappa shape index (κ3) is 3.05. The first-order chi connectivity index (χ1) is 10.2. The number of likely N-dealkylation sites (tertiary alicyclic amines) is 1. The topological polar surface area (TPSA) is 38.1 Å². The Balaban J connectivity index is 1.72. The predicted octanol–water partition coefficient (Wildman–Crippen LogP) is 3.19. The SMILES string of the molecule is CC(C)n1cncc1CN1CCCC1C1CCCCC1=O. The summed E-state index contributed by atoms with van der Waals surface area (Å²) in [5.74, 6) is 0.798. The van der Waals surface area contributed by atoms with Crippen LogP contribution in [0.3, 0.4) is 0 Å². The van der Waals surface area contributed by atoms with E-state index in [4.69, 9.17) is 0 Å². The molecule has 2 unspecified atom stereocenters. The zero-order valence-electron chi connectivity index (χ0n) is 13.3. The summed E-state index contributed by atoms with van der Waals surface area (Å²) in [5.41, 5.74) is 1.28. The molecule has 1 aromatic heterocycles. The quantitative estimate of drug-likeness (QED) is 0.854. The van der Waals surface area contributed by atoms with Crippen molar-refractivity contribution in [3.05, 3.63) is 18.2 Å². The predicted molar refractivity (Wildman–Crippen MR) is 83.0 cm³/mol. The van der Waals surface area contributed by atoms with Gasteiger partial charge in [-0.05, 0) is 46.1 Å². The van der Waals surface area contributed by atoms with Gasteiger partial charge >= 0.3 is 0 Å². The number of carbonyl (C=O) groups is 1. The monoisotopic (exact) mass is 289 g/mol. The van der Waals surface area contributed by atoms with Crippen LogP contribution in [0.5, 0.6) is 0 Å². The minimum Gasteiger partial charge on any atom is -0.331 e. The molecule has 2 aliphatic rings. The number of aromatic nitrogens is 2. The Morgan fingerprint density at radius 1 is 1.29 bits per heavy atom. The second-order valence-corrected chi connectivity index (χ2v) is 6.88. The molecule has 4 nitrogen and oxygen atoms in total. The summed E-state index contributed by atoms with van der Waals surface area (Å²) in [6.07, 6.45) is 10.6. The van der Waals surface area contributed by atoms with Crippen LogP contribution < -0.4 is 0 Å². The van der Waals surface area contributed by atoms with Gasteiger partial charge in [0.15, 0.2) is 0 Å². The number of Topliss-reactive ketones (excluding diaryl/α,β-unsaturated/α-hetero) is 1. The lowest BCUT2D eigenvalue weighted by atomic mass is 9.82. The fraction of sp³-hybridized carbons (Fsp3) is 0.765. The average Bonchev–Trinajstić information content (AvgIpc) is 3.09. The first-order valence-electron chi connectivity index (χ1n) is 8.44. The van der Waals surface area contributed by atoms with Crippen molar-refractivity contribution >= 4 is 5.78 Å². The van der Waals surface area contributed by atoms with Crippen molar-refractivity contribution in [2.24, 2.45) is 5.92 Å². The lowest BCUT2D eigenvalue weighted by Gasteiger charge is -2.33. The minimum atomic E-state index is 0.289. The van der Waals surface area contributed by atoms with Crippen LogP contribution in [0.1, 0.15) is 64.1 Å². The molecule has 0 aromatic carbocycles. The van der Waals surface area contributed by atoms with Gasteiger partial charge in [-0.3, -0.25) is 9.69 Å². The first-order valence-corrected chi connectivity index (χ1v) is 8.44. The molecule has 1 aromatic rings. The number of nitrogens with zero attached hydrogens (tertiary/aromatic N) is 3. The maximum atomic E-state index is 12.3. The van der Waals surface area contributed by atoms with Crippen molar-refractivity contribution in [1.82, 2.24) is 14.5 Å². The van der Waals surface area contributed by atoms with Crippen molar-refractivity contribution in [2.45, 2.75) is 71.0 Å². The van der Waals surface area contributed by atoms with Crippen LogP contribution in [0.25, 0.3) is 0 Å². The molecule has 0 radical (unpaired) electrons. The van der Waals surface area contributed by atoms with Crippen molar-refractivity contribution in [3.63, 3.8) is 0 Å². The van der Waals surface area contributed by atoms with Crippen LogP contribution in [0.2, 0.25) is 0 Å². The fourth-order valence-corrected chi connectivity index (χ4v) is 4.05. The van der Waals surface area contributed by atoms with Crippen molar-refractivity contribution in [2.75, 3.05) is 6.54 Å². The Kier molecular flexibility index (Phi) is 4.43. The summed E-state index contributed by atoms with van der Waals surface area (Å²) in [6.45, 7) is 6.44. The smallest absolute Gasteiger partial charge is 0.137 e. The largest absolute Gasteiger partial charge is 0.331 e. The normalized spacial score (nSPS) is 27.7. The van der Waals surface area contributed by atoms with Crippen LogP contribution in [-0.2, 0) is 11.3 Å². The Hall–Kier alpha value is -1.16. The Bertz CT molecular complexity index is 494. The molecule has 0 bridgehead atoms. The summed E-state index contributed by atoms with van der Waals surface area (Å²) in [4.78, 5) is 19.1. The molecule has 2 heterocycles. The summed E-state index contributed by atoms with van der Waals surface area (Å²) < 4.78 is 2.25. The molecule has 0 spiro atoms. The summed E-state index contributed by atoms with van der Waals surface area (Å²) in [5, 5.41) is 0. The van der Waals surface area contributed by atoms with Gasteiger partial charge in [-0.1, -0.05) is 6.42 Å². The Morgan fingerprint density at radius 2 is 2.14 bits per heavy atom. The van der Waals surface area contributed by atoms with Crippen LogP contribution in [0, 0.1) is 5.92 Å². The molecule has 4 heteroatoms. The van der Waals surface area contributed by atoms with Crippen LogP contribution >= 0.6 is 0 Å². The standard InChI is InChI=1S/C17H27N3O/c1-13(2)20-12-18-10-14(20)11-19-9-5-7-16(19)15-6-3-4-8-17(15)21/h10,12-13,15-16H,3-9,11H2,1-2H3. The van der Waals surface area contributed by atoms with Gasteiger partial charge in [0.05, 0.1) is 12.0 Å². The Morgan fingerprint density at radius 3 is 2.90 bits per heavy atom. The highest BCUT2D eigenvalue weighted by atomic mass is 16.1. The van der Waals surface area contributed by atoms with E-state index in [-0.39, 0.29) is 5.92 Å². The molecule has 21 heavy (non-hydrogen) atoms. The molecule has 116 valence electrons. The number of imidazole rings is 1. The molecule has 0 N–H and O–H groups in total. The van der Waals surface area contributed by atoms with Crippen LogP contribution in [0.15, 0.2) is 12.5 Å².